The van der Waals surface area contributed by atoms with Gasteiger partial charge in [0.15, 0.2) is 0 Å². The molecule has 0 spiro atoms. The molecule has 0 unspecified atom stereocenters. The minimum absolute atomic E-state index is 0.225. The molecule has 0 radical (unpaired) electrons. The summed E-state index contributed by atoms with van der Waals surface area (Å²) in [5, 5.41) is 12.0. The van der Waals surface area contributed by atoms with E-state index in [1.165, 1.54) is 0 Å². The maximum atomic E-state index is 13.1. The second-order valence-corrected chi connectivity index (χ2v) is 7.14. The fraction of sp³-hybridized carbons (Fsp3) is 0.381. The molecule has 144 valence electrons. The maximum Gasteiger partial charge on any atom is 0.246 e. The average molecular weight is 369 g/mol. The monoisotopic (exact) mass is 369 g/mol. The van der Waals surface area contributed by atoms with Gasteiger partial charge in [-0.05, 0) is 29.5 Å². The Morgan fingerprint density at radius 1 is 1.00 bits per heavy atom. The Labute approximate surface area is 160 Å². The van der Waals surface area contributed by atoms with Crippen LogP contribution in [-0.4, -0.2) is 22.0 Å². The zero-order valence-electron chi connectivity index (χ0n) is 15.9. The van der Waals surface area contributed by atoms with E-state index in [2.05, 4.69) is 10.3 Å². The first-order chi connectivity index (χ1) is 12.9. The highest BCUT2D eigenvalue weighted by Crippen LogP contribution is 2.26. The number of benzene rings is 1. The van der Waals surface area contributed by atoms with E-state index >= 15 is 0 Å². The SMILES string of the molecule is CC(C)C[C@@H](C(=O)N[C@@H](c1ccccc1)c1cccnc1)[C@H](C)C(=O)NO. The van der Waals surface area contributed by atoms with Gasteiger partial charge in [0.05, 0.1) is 6.04 Å². The van der Waals surface area contributed by atoms with Gasteiger partial charge >= 0.3 is 0 Å². The molecular weight excluding hydrogens is 342 g/mol. The van der Waals surface area contributed by atoms with E-state index in [4.69, 9.17) is 5.21 Å². The van der Waals surface area contributed by atoms with Gasteiger partial charge in [0.25, 0.3) is 0 Å². The number of pyridine rings is 1. The van der Waals surface area contributed by atoms with Crippen LogP contribution >= 0.6 is 0 Å². The Bertz CT molecular complexity index is 695. The largest absolute Gasteiger partial charge is 0.345 e. The van der Waals surface area contributed by atoms with Gasteiger partial charge in [-0.3, -0.25) is 19.8 Å². The van der Waals surface area contributed by atoms with Crippen molar-refractivity contribution in [2.75, 3.05) is 0 Å². The van der Waals surface area contributed by atoms with E-state index in [0.29, 0.717) is 6.42 Å². The molecule has 0 aliphatic rings. The summed E-state index contributed by atoms with van der Waals surface area (Å²) in [5.41, 5.74) is 3.45. The molecule has 0 saturated carbocycles. The molecular formula is C21H27N3O3. The quantitative estimate of drug-likeness (QED) is 0.492. The van der Waals surface area contributed by atoms with Crippen LogP contribution in [-0.2, 0) is 9.59 Å². The van der Waals surface area contributed by atoms with Gasteiger partial charge in [-0.25, -0.2) is 5.48 Å². The first-order valence-corrected chi connectivity index (χ1v) is 9.13. The van der Waals surface area contributed by atoms with Crippen LogP contribution in [0.4, 0.5) is 0 Å². The fourth-order valence-electron chi connectivity index (χ4n) is 3.13. The normalized spacial score (nSPS) is 14.3. The number of aromatic nitrogens is 1. The molecule has 2 amide bonds. The summed E-state index contributed by atoms with van der Waals surface area (Å²) in [6.07, 6.45) is 3.94. The summed E-state index contributed by atoms with van der Waals surface area (Å²) in [6.45, 7) is 5.65. The van der Waals surface area contributed by atoms with E-state index in [1.807, 2.05) is 56.3 Å². The van der Waals surface area contributed by atoms with Crippen molar-refractivity contribution < 1.29 is 14.8 Å². The highest BCUT2D eigenvalue weighted by molar-refractivity contribution is 5.87. The minimum atomic E-state index is -0.650. The molecule has 27 heavy (non-hydrogen) atoms. The molecule has 2 aromatic rings. The third kappa shape index (κ3) is 5.62. The van der Waals surface area contributed by atoms with Crippen molar-refractivity contribution >= 4 is 11.8 Å². The third-order valence-corrected chi connectivity index (χ3v) is 4.63. The van der Waals surface area contributed by atoms with Gasteiger partial charge < -0.3 is 5.32 Å². The molecule has 1 aromatic heterocycles. The van der Waals surface area contributed by atoms with Crippen LogP contribution in [0, 0.1) is 17.8 Å². The molecule has 0 aliphatic heterocycles. The van der Waals surface area contributed by atoms with E-state index in [1.54, 1.807) is 24.8 Å². The molecule has 6 nitrogen and oxygen atoms in total. The topological polar surface area (TPSA) is 91.3 Å². The number of rotatable bonds is 8. The Balaban J connectivity index is 2.31. The Morgan fingerprint density at radius 3 is 2.22 bits per heavy atom. The highest BCUT2D eigenvalue weighted by Gasteiger charge is 2.32. The van der Waals surface area contributed by atoms with Crippen molar-refractivity contribution in [3.63, 3.8) is 0 Å². The summed E-state index contributed by atoms with van der Waals surface area (Å²) in [7, 11) is 0. The number of hydrogen-bond donors (Lipinski definition) is 3. The Kier molecular flexibility index (Phi) is 7.49. The first kappa shape index (κ1) is 20.6. The van der Waals surface area contributed by atoms with E-state index in [-0.39, 0.29) is 17.9 Å². The molecule has 6 heteroatoms. The van der Waals surface area contributed by atoms with E-state index < -0.39 is 17.7 Å². The summed E-state index contributed by atoms with van der Waals surface area (Å²) < 4.78 is 0. The van der Waals surface area contributed by atoms with Crippen LogP contribution in [0.2, 0.25) is 0 Å². The van der Waals surface area contributed by atoms with Crippen molar-refractivity contribution in [3.05, 3.63) is 66.0 Å². The second kappa shape index (κ2) is 9.83. The van der Waals surface area contributed by atoms with Crippen LogP contribution in [0.3, 0.4) is 0 Å². The summed E-state index contributed by atoms with van der Waals surface area (Å²) in [6, 6.07) is 13.0. The lowest BCUT2D eigenvalue weighted by atomic mass is 9.84. The van der Waals surface area contributed by atoms with Crippen LogP contribution < -0.4 is 10.8 Å². The van der Waals surface area contributed by atoms with Crippen molar-refractivity contribution in [2.24, 2.45) is 17.8 Å². The van der Waals surface area contributed by atoms with Crippen LogP contribution in [0.5, 0.6) is 0 Å². The number of hydrogen-bond acceptors (Lipinski definition) is 4. The van der Waals surface area contributed by atoms with Gasteiger partial charge in [-0.15, -0.1) is 0 Å². The fourth-order valence-corrected chi connectivity index (χ4v) is 3.13. The molecule has 2 rings (SSSR count). The maximum absolute atomic E-state index is 13.1. The van der Waals surface area contributed by atoms with Crippen LogP contribution in [0.1, 0.15) is 44.4 Å². The molecule has 3 atom stereocenters. The lowest BCUT2D eigenvalue weighted by molar-refractivity contribution is -0.140. The van der Waals surface area contributed by atoms with Crippen molar-refractivity contribution in [2.45, 2.75) is 33.2 Å². The standard InChI is InChI=1S/C21H27N3O3/c1-14(2)12-18(15(3)20(25)24-27)21(26)23-19(16-8-5-4-6-9-16)17-10-7-11-22-13-17/h4-11,13-15,18-19,27H,12H2,1-3H3,(H,23,26)(H,24,25)/t15-,18+,19-/m0/s1. The molecule has 0 fully saturated rings. The predicted molar refractivity (Wildman–Crippen MR) is 103 cm³/mol. The minimum Gasteiger partial charge on any atom is -0.345 e. The number of carbonyl (C=O) groups excluding carboxylic acids is 2. The van der Waals surface area contributed by atoms with Crippen molar-refractivity contribution in [1.29, 1.82) is 0 Å². The third-order valence-electron chi connectivity index (χ3n) is 4.63. The lowest BCUT2D eigenvalue weighted by Crippen LogP contribution is -2.42. The zero-order valence-corrected chi connectivity index (χ0v) is 15.9. The smallest absolute Gasteiger partial charge is 0.246 e. The predicted octanol–water partition coefficient (Wildman–Crippen LogP) is 3.09. The number of nitrogens with zero attached hydrogens (tertiary/aromatic N) is 1. The lowest BCUT2D eigenvalue weighted by Gasteiger charge is -2.27. The molecule has 0 saturated heterocycles. The molecule has 3 N–H and O–H groups in total. The Hall–Kier alpha value is -2.73. The highest BCUT2D eigenvalue weighted by atomic mass is 16.5. The van der Waals surface area contributed by atoms with Crippen molar-refractivity contribution in [1.82, 2.24) is 15.8 Å². The van der Waals surface area contributed by atoms with Crippen molar-refractivity contribution in [3.8, 4) is 0 Å². The summed E-state index contributed by atoms with van der Waals surface area (Å²) in [5.74, 6) is -1.77. The molecule has 1 aromatic carbocycles. The summed E-state index contributed by atoms with van der Waals surface area (Å²) in [4.78, 5) is 29.2. The number of nitrogens with one attached hydrogen (secondary N) is 2. The van der Waals surface area contributed by atoms with Gasteiger partial charge in [0.1, 0.15) is 0 Å². The average Bonchev–Trinajstić information content (AvgIpc) is 2.70. The molecule has 0 aliphatic carbocycles. The number of amides is 2. The van der Waals surface area contributed by atoms with Gasteiger partial charge in [0.2, 0.25) is 11.8 Å². The number of carbonyl (C=O) groups is 2. The van der Waals surface area contributed by atoms with E-state index in [0.717, 1.165) is 11.1 Å². The Morgan fingerprint density at radius 2 is 1.67 bits per heavy atom. The van der Waals surface area contributed by atoms with Gasteiger partial charge in [-0.1, -0.05) is 57.2 Å². The zero-order chi connectivity index (χ0) is 19.8. The number of hydroxylamine groups is 1. The van der Waals surface area contributed by atoms with E-state index in [9.17, 15) is 9.59 Å². The summed E-state index contributed by atoms with van der Waals surface area (Å²) >= 11 is 0. The first-order valence-electron chi connectivity index (χ1n) is 9.13. The second-order valence-electron chi connectivity index (χ2n) is 7.14. The van der Waals surface area contributed by atoms with Gasteiger partial charge in [0, 0.05) is 24.2 Å². The molecule has 1 heterocycles. The molecule has 0 bridgehead atoms. The van der Waals surface area contributed by atoms with Gasteiger partial charge in [-0.2, -0.15) is 0 Å². The van der Waals surface area contributed by atoms with Crippen LogP contribution in [0.15, 0.2) is 54.9 Å². The van der Waals surface area contributed by atoms with Crippen LogP contribution in [0.25, 0.3) is 0 Å².